The van der Waals surface area contributed by atoms with Gasteiger partial charge in [-0.25, -0.2) is 4.79 Å². The summed E-state index contributed by atoms with van der Waals surface area (Å²) in [5, 5.41) is 0. The topological polar surface area (TPSA) is 52.6 Å². The van der Waals surface area contributed by atoms with Crippen LogP contribution in [0.3, 0.4) is 0 Å². The van der Waals surface area contributed by atoms with Gasteiger partial charge in [0, 0.05) is 17.4 Å². The molecule has 104 valence electrons. The highest BCUT2D eigenvalue weighted by molar-refractivity contribution is 5.88. The van der Waals surface area contributed by atoms with Gasteiger partial charge in [-0.2, -0.15) is 0 Å². The molecule has 3 aliphatic rings. The van der Waals surface area contributed by atoms with Crippen molar-refractivity contribution in [1.29, 1.82) is 0 Å². The Hall–Kier alpha value is -1.32. The van der Waals surface area contributed by atoms with Gasteiger partial charge in [0.15, 0.2) is 0 Å². The summed E-state index contributed by atoms with van der Waals surface area (Å²) in [6.07, 6.45) is 0.447. The van der Waals surface area contributed by atoms with Crippen LogP contribution >= 0.6 is 0 Å². The summed E-state index contributed by atoms with van der Waals surface area (Å²) in [6, 6.07) is 0. The summed E-state index contributed by atoms with van der Waals surface area (Å²) in [4.78, 5) is 23.8. The predicted molar refractivity (Wildman–Crippen MR) is 68.0 cm³/mol. The Balaban J connectivity index is 1.76. The summed E-state index contributed by atoms with van der Waals surface area (Å²) in [7, 11) is 0. The van der Waals surface area contributed by atoms with E-state index in [9.17, 15) is 9.59 Å². The molecular formula is C15H20O4. The number of carbonyl (C=O) groups excluding carboxylic acids is 2. The van der Waals surface area contributed by atoms with Crippen molar-refractivity contribution >= 4 is 11.9 Å². The van der Waals surface area contributed by atoms with Gasteiger partial charge in [-0.15, -0.1) is 0 Å². The van der Waals surface area contributed by atoms with Crippen molar-refractivity contribution in [3.63, 3.8) is 0 Å². The van der Waals surface area contributed by atoms with E-state index in [1.165, 1.54) is 0 Å². The fourth-order valence-corrected chi connectivity index (χ4v) is 3.94. The molecule has 0 aromatic carbocycles. The first-order valence-electron chi connectivity index (χ1n) is 7.02. The maximum atomic E-state index is 12.0. The largest absolute Gasteiger partial charge is 0.458 e. The second kappa shape index (κ2) is 4.09. The van der Waals surface area contributed by atoms with Crippen LogP contribution in [0.2, 0.25) is 0 Å². The standard InChI is InChI=1S/C15H20O4/c1-6(2)7(3)14(16)18-12-9-5-10-11(8(9)4)15(17)19-13(10)12/h6,8-13H,3,5H2,1-2,4H3. The van der Waals surface area contributed by atoms with E-state index in [0.717, 1.165) is 6.42 Å². The van der Waals surface area contributed by atoms with Crippen LogP contribution in [0.5, 0.6) is 0 Å². The molecule has 19 heavy (non-hydrogen) atoms. The van der Waals surface area contributed by atoms with Gasteiger partial charge >= 0.3 is 11.9 Å². The van der Waals surface area contributed by atoms with Gasteiger partial charge in [-0.3, -0.25) is 4.79 Å². The molecule has 6 unspecified atom stereocenters. The van der Waals surface area contributed by atoms with Crippen molar-refractivity contribution in [3.05, 3.63) is 12.2 Å². The molecule has 0 aromatic rings. The van der Waals surface area contributed by atoms with Gasteiger partial charge in [0.1, 0.15) is 12.2 Å². The third-order valence-corrected chi connectivity index (χ3v) is 5.14. The zero-order valence-corrected chi connectivity index (χ0v) is 11.6. The third-order valence-electron chi connectivity index (χ3n) is 5.14. The lowest BCUT2D eigenvalue weighted by Crippen LogP contribution is -2.40. The van der Waals surface area contributed by atoms with Crippen LogP contribution in [0, 0.1) is 29.6 Å². The second-order valence-corrected chi connectivity index (χ2v) is 6.40. The van der Waals surface area contributed by atoms with Crippen LogP contribution in [0.25, 0.3) is 0 Å². The molecule has 1 aliphatic heterocycles. The molecule has 0 spiro atoms. The summed E-state index contributed by atoms with van der Waals surface area (Å²) in [5.74, 6) is 0.403. The molecule has 0 radical (unpaired) electrons. The summed E-state index contributed by atoms with van der Waals surface area (Å²) in [6.45, 7) is 9.67. The lowest BCUT2D eigenvalue weighted by molar-refractivity contribution is -0.159. The second-order valence-electron chi connectivity index (χ2n) is 6.40. The van der Waals surface area contributed by atoms with Gasteiger partial charge < -0.3 is 9.47 Å². The lowest BCUT2D eigenvalue weighted by atomic mass is 9.80. The average molecular weight is 264 g/mol. The van der Waals surface area contributed by atoms with E-state index in [4.69, 9.17) is 9.47 Å². The van der Waals surface area contributed by atoms with E-state index in [1.807, 2.05) is 13.8 Å². The molecule has 0 N–H and O–H groups in total. The van der Waals surface area contributed by atoms with E-state index in [2.05, 4.69) is 13.5 Å². The zero-order valence-electron chi connectivity index (χ0n) is 11.6. The Bertz CT molecular complexity index is 453. The predicted octanol–water partition coefficient (Wildman–Crippen LogP) is 1.94. The van der Waals surface area contributed by atoms with Crippen LogP contribution in [0.1, 0.15) is 27.2 Å². The van der Waals surface area contributed by atoms with Crippen LogP contribution in [-0.4, -0.2) is 24.1 Å². The van der Waals surface area contributed by atoms with Gasteiger partial charge in [-0.05, 0) is 18.3 Å². The highest BCUT2D eigenvalue weighted by Gasteiger charge is 2.66. The first kappa shape index (κ1) is 12.7. The van der Waals surface area contributed by atoms with Crippen molar-refractivity contribution in [2.75, 3.05) is 0 Å². The first-order chi connectivity index (χ1) is 8.91. The molecule has 0 aromatic heterocycles. The normalized spacial score (nSPS) is 42.6. The monoisotopic (exact) mass is 264 g/mol. The zero-order chi connectivity index (χ0) is 13.9. The third kappa shape index (κ3) is 1.65. The van der Waals surface area contributed by atoms with E-state index >= 15 is 0 Å². The molecule has 4 nitrogen and oxygen atoms in total. The number of hydrogen-bond donors (Lipinski definition) is 0. The van der Waals surface area contributed by atoms with Crippen molar-refractivity contribution in [2.24, 2.45) is 29.6 Å². The van der Waals surface area contributed by atoms with Crippen molar-refractivity contribution in [1.82, 2.24) is 0 Å². The summed E-state index contributed by atoms with van der Waals surface area (Å²) < 4.78 is 11.0. The van der Waals surface area contributed by atoms with Crippen molar-refractivity contribution in [3.8, 4) is 0 Å². The number of esters is 2. The lowest BCUT2D eigenvalue weighted by Gasteiger charge is -2.29. The smallest absolute Gasteiger partial charge is 0.334 e. The van der Waals surface area contributed by atoms with Gasteiger partial charge in [0.2, 0.25) is 0 Å². The molecular weight excluding hydrogens is 244 g/mol. The van der Waals surface area contributed by atoms with Crippen molar-refractivity contribution in [2.45, 2.75) is 39.4 Å². The number of ether oxygens (including phenoxy) is 2. The summed E-state index contributed by atoms with van der Waals surface area (Å²) in [5.41, 5.74) is 0.483. The number of rotatable bonds is 3. The molecule has 2 bridgehead atoms. The average Bonchev–Trinajstić information content (AvgIpc) is 2.92. The van der Waals surface area contributed by atoms with Gasteiger partial charge in [0.05, 0.1) is 5.92 Å². The molecule has 2 aliphatic carbocycles. The van der Waals surface area contributed by atoms with Gasteiger partial charge in [0.25, 0.3) is 0 Å². The number of hydrogen-bond acceptors (Lipinski definition) is 4. The molecule has 1 saturated heterocycles. The molecule has 0 amide bonds. The number of carbonyl (C=O) groups is 2. The highest BCUT2D eigenvalue weighted by Crippen LogP contribution is 2.58. The Morgan fingerprint density at radius 1 is 1.42 bits per heavy atom. The minimum atomic E-state index is -0.348. The van der Waals surface area contributed by atoms with Crippen LogP contribution in [0.15, 0.2) is 12.2 Å². The van der Waals surface area contributed by atoms with Crippen LogP contribution in [0.4, 0.5) is 0 Å². The number of fused-ring (bicyclic) bond motifs is 1. The molecule has 4 heteroatoms. The van der Waals surface area contributed by atoms with E-state index in [1.54, 1.807) is 0 Å². The van der Waals surface area contributed by atoms with Crippen LogP contribution in [-0.2, 0) is 19.1 Å². The molecule has 2 saturated carbocycles. The Morgan fingerprint density at radius 3 is 2.74 bits per heavy atom. The molecule has 3 rings (SSSR count). The molecule has 1 heterocycles. The van der Waals surface area contributed by atoms with E-state index in [-0.39, 0.29) is 53.7 Å². The molecule has 3 fully saturated rings. The first-order valence-corrected chi connectivity index (χ1v) is 7.02. The minimum absolute atomic E-state index is 0.0262. The highest BCUT2D eigenvalue weighted by atomic mass is 16.6. The Labute approximate surface area is 113 Å². The SMILES string of the molecule is C=C(C(=O)OC1C2CC3C1OC(=O)C3C2C)C(C)C. The fourth-order valence-electron chi connectivity index (χ4n) is 3.94. The maximum Gasteiger partial charge on any atom is 0.334 e. The van der Waals surface area contributed by atoms with E-state index in [0.29, 0.717) is 5.57 Å². The van der Waals surface area contributed by atoms with Gasteiger partial charge in [-0.1, -0.05) is 27.4 Å². The van der Waals surface area contributed by atoms with E-state index < -0.39 is 0 Å². The minimum Gasteiger partial charge on any atom is -0.458 e. The van der Waals surface area contributed by atoms with Crippen molar-refractivity contribution < 1.29 is 19.1 Å². The summed E-state index contributed by atoms with van der Waals surface area (Å²) >= 11 is 0. The fraction of sp³-hybridized carbons (Fsp3) is 0.733. The Morgan fingerprint density at radius 2 is 2.11 bits per heavy atom. The Kier molecular flexibility index (Phi) is 2.73. The molecule has 6 atom stereocenters. The quantitative estimate of drug-likeness (QED) is 0.577. The van der Waals surface area contributed by atoms with Crippen LogP contribution < -0.4 is 0 Å². The maximum absolute atomic E-state index is 12.0.